The number of ether oxygens (including phenoxy) is 1. The van der Waals surface area contributed by atoms with Gasteiger partial charge in [-0.05, 0) is 56.8 Å². The van der Waals surface area contributed by atoms with E-state index >= 15 is 0 Å². The Morgan fingerprint density at radius 2 is 1.80 bits per heavy atom. The lowest BCUT2D eigenvalue weighted by molar-refractivity contribution is 0.112. The molecule has 3 fully saturated rings. The van der Waals surface area contributed by atoms with Gasteiger partial charge in [0.1, 0.15) is 5.75 Å². The summed E-state index contributed by atoms with van der Waals surface area (Å²) in [5.74, 6) is 1.07. The molecule has 4 nitrogen and oxygen atoms in total. The fourth-order valence-corrected chi connectivity index (χ4v) is 4.61. The maximum Gasteiger partial charge on any atom is 0.120 e. The summed E-state index contributed by atoms with van der Waals surface area (Å²) < 4.78 is 6.18. The van der Waals surface area contributed by atoms with E-state index in [-0.39, 0.29) is 0 Å². The predicted molar refractivity (Wildman–Crippen MR) is 102 cm³/mol. The first-order valence-corrected chi connectivity index (χ1v) is 10.2. The van der Waals surface area contributed by atoms with Crippen molar-refractivity contribution in [2.24, 2.45) is 0 Å². The van der Waals surface area contributed by atoms with Gasteiger partial charge in [0.15, 0.2) is 0 Å². The molecule has 0 aromatic heterocycles. The highest BCUT2D eigenvalue weighted by Gasteiger charge is 2.29. The number of benzene rings is 1. The zero-order chi connectivity index (χ0) is 17.1. The van der Waals surface area contributed by atoms with Gasteiger partial charge in [0.2, 0.25) is 0 Å². The summed E-state index contributed by atoms with van der Waals surface area (Å²) >= 11 is 0. The standard InChI is InChI=1S/C21H33N3O/c1-22-11-13-24(14-12-22)19-9-10-23(17-19)16-18-5-4-8-21(15-18)25-20-6-2-3-7-20/h4-5,8,15,19-20H,2-3,6-7,9-14,16-17H2,1H3/t19-/m1/s1. The predicted octanol–water partition coefficient (Wildman–Crippen LogP) is 2.83. The molecule has 4 rings (SSSR count). The largest absolute Gasteiger partial charge is 0.490 e. The quantitative estimate of drug-likeness (QED) is 0.818. The van der Waals surface area contributed by atoms with E-state index < -0.39 is 0 Å². The zero-order valence-corrected chi connectivity index (χ0v) is 15.7. The van der Waals surface area contributed by atoms with Crippen molar-refractivity contribution in [3.05, 3.63) is 29.8 Å². The van der Waals surface area contributed by atoms with Crippen LogP contribution in [-0.2, 0) is 6.54 Å². The fraction of sp³-hybridized carbons (Fsp3) is 0.714. The highest BCUT2D eigenvalue weighted by Crippen LogP contribution is 2.26. The molecule has 0 bridgehead atoms. The van der Waals surface area contributed by atoms with Crippen molar-refractivity contribution >= 4 is 0 Å². The third-order valence-electron chi connectivity index (χ3n) is 6.21. The lowest BCUT2D eigenvalue weighted by Gasteiger charge is -2.36. The van der Waals surface area contributed by atoms with E-state index in [0.29, 0.717) is 6.10 Å². The summed E-state index contributed by atoms with van der Waals surface area (Å²) in [7, 11) is 2.24. The maximum absolute atomic E-state index is 6.18. The molecular weight excluding hydrogens is 310 g/mol. The topological polar surface area (TPSA) is 19.0 Å². The Morgan fingerprint density at radius 3 is 2.60 bits per heavy atom. The Kier molecular flexibility index (Phi) is 5.59. The van der Waals surface area contributed by atoms with Gasteiger partial charge in [0, 0.05) is 51.9 Å². The molecule has 1 saturated carbocycles. The third kappa shape index (κ3) is 4.55. The second-order valence-corrected chi connectivity index (χ2v) is 8.19. The molecule has 0 spiro atoms. The number of hydrogen-bond acceptors (Lipinski definition) is 4. The molecule has 3 aliphatic rings. The summed E-state index contributed by atoms with van der Waals surface area (Å²) in [6, 6.07) is 9.56. The molecule has 2 saturated heterocycles. The molecule has 0 amide bonds. The van der Waals surface area contributed by atoms with Gasteiger partial charge in [0.05, 0.1) is 6.10 Å². The third-order valence-corrected chi connectivity index (χ3v) is 6.21. The molecule has 0 radical (unpaired) electrons. The first-order valence-electron chi connectivity index (χ1n) is 10.2. The molecule has 2 aliphatic heterocycles. The van der Waals surface area contributed by atoms with Gasteiger partial charge in [-0.25, -0.2) is 0 Å². The van der Waals surface area contributed by atoms with E-state index in [4.69, 9.17) is 4.74 Å². The van der Waals surface area contributed by atoms with Crippen molar-refractivity contribution < 1.29 is 4.74 Å². The minimum atomic E-state index is 0.448. The van der Waals surface area contributed by atoms with Crippen molar-refractivity contribution in [2.75, 3.05) is 46.3 Å². The molecule has 2 heterocycles. The molecule has 1 aromatic rings. The Hall–Kier alpha value is -1.10. The van der Waals surface area contributed by atoms with E-state index in [1.54, 1.807) is 0 Å². The lowest BCUT2D eigenvalue weighted by atomic mass is 10.2. The maximum atomic E-state index is 6.18. The van der Waals surface area contributed by atoms with Gasteiger partial charge in [-0.15, -0.1) is 0 Å². The summed E-state index contributed by atoms with van der Waals surface area (Å²) in [5, 5.41) is 0. The van der Waals surface area contributed by atoms with Crippen molar-refractivity contribution in [1.29, 1.82) is 0 Å². The zero-order valence-electron chi connectivity index (χ0n) is 15.7. The smallest absolute Gasteiger partial charge is 0.120 e. The highest BCUT2D eigenvalue weighted by atomic mass is 16.5. The Morgan fingerprint density at radius 1 is 1.00 bits per heavy atom. The van der Waals surface area contributed by atoms with Crippen LogP contribution in [0.15, 0.2) is 24.3 Å². The molecule has 138 valence electrons. The van der Waals surface area contributed by atoms with Gasteiger partial charge in [-0.2, -0.15) is 0 Å². The summed E-state index contributed by atoms with van der Waals surface area (Å²) in [4.78, 5) is 7.77. The van der Waals surface area contributed by atoms with Gasteiger partial charge in [0.25, 0.3) is 0 Å². The Balaban J connectivity index is 1.29. The fourth-order valence-electron chi connectivity index (χ4n) is 4.61. The van der Waals surface area contributed by atoms with Crippen molar-refractivity contribution in [1.82, 2.24) is 14.7 Å². The van der Waals surface area contributed by atoms with E-state index in [1.807, 2.05) is 0 Å². The Bertz CT molecular complexity index is 550. The molecule has 1 atom stereocenters. The molecule has 1 aromatic carbocycles. The first kappa shape index (κ1) is 17.3. The lowest BCUT2D eigenvalue weighted by Crippen LogP contribution is -2.49. The minimum Gasteiger partial charge on any atom is -0.490 e. The average molecular weight is 344 g/mol. The number of nitrogens with zero attached hydrogens (tertiary/aromatic N) is 3. The minimum absolute atomic E-state index is 0.448. The summed E-state index contributed by atoms with van der Waals surface area (Å²) in [6.45, 7) is 8.42. The normalized spacial score (nSPS) is 27.2. The van der Waals surface area contributed by atoms with Crippen LogP contribution >= 0.6 is 0 Å². The second-order valence-electron chi connectivity index (χ2n) is 8.19. The van der Waals surface area contributed by atoms with Crippen LogP contribution in [0.5, 0.6) is 5.75 Å². The van der Waals surface area contributed by atoms with Crippen LogP contribution in [0.1, 0.15) is 37.7 Å². The van der Waals surface area contributed by atoms with E-state index in [2.05, 4.69) is 46.0 Å². The van der Waals surface area contributed by atoms with Crippen LogP contribution in [0.4, 0.5) is 0 Å². The number of rotatable bonds is 5. The number of likely N-dealkylation sites (tertiary alicyclic amines) is 1. The molecule has 4 heteroatoms. The monoisotopic (exact) mass is 343 g/mol. The van der Waals surface area contributed by atoms with Gasteiger partial charge < -0.3 is 9.64 Å². The number of piperazine rings is 1. The van der Waals surface area contributed by atoms with E-state index in [1.165, 1.54) is 76.9 Å². The molecular formula is C21H33N3O. The SMILES string of the molecule is CN1CCN([C@@H]2CCN(Cc3cccc(OC4CCCC4)c3)C2)CC1. The molecule has 25 heavy (non-hydrogen) atoms. The van der Waals surface area contributed by atoms with Crippen molar-refractivity contribution in [2.45, 2.75) is 50.8 Å². The number of hydrogen-bond donors (Lipinski definition) is 0. The van der Waals surface area contributed by atoms with Crippen molar-refractivity contribution in [3.8, 4) is 5.75 Å². The van der Waals surface area contributed by atoms with Gasteiger partial charge >= 0.3 is 0 Å². The van der Waals surface area contributed by atoms with Gasteiger partial charge in [-0.3, -0.25) is 9.80 Å². The van der Waals surface area contributed by atoms with Crippen LogP contribution in [0.2, 0.25) is 0 Å². The van der Waals surface area contributed by atoms with Crippen molar-refractivity contribution in [3.63, 3.8) is 0 Å². The van der Waals surface area contributed by atoms with Gasteiger partial charge in [-0.1, -0.05) is 12.1 Å². The average Bonchev–Trinajstić information content (AvgIpc) is 3.28. The summed E-state index contributed by atoms with van der Waals surface area (Å²) in [5.41, 5.74) is 1.40. The number of likely N-dealkylation sites (N-methyl/N-ethyl adjacent to an activating group) is 1. The second kappa shape index (κ2) is 8.07. The summed E-state index contributed by atoms with van der Waals surface area (Å²) in [6.07, 6.45) is 6.87. The van der Waals surface area contributed by atoms with Crippen LogP contribution in [0, 0.1) is 0 Å². The molecule has 0 N–H and O–H groups in total. The van der Waals surface area contributed by atoms with E-state index in [0.717, 1.165) is 18.3 Å². The van der Waals surface area contributed by atoms with Crippen LogP contribution in [0.3, 0.4) is 0 Å². The Labute approximate surface area is 152 Å². The van der Waals surface area contributed by atoms with E-state index in [9.17, 15) is 0 Å². The molecule has 0 unspecified atom stereocenters. The van der Waals surface area contributed by atoms with Crippen LogP contribution in [-0.4, -0.2) is 73.2 Å². The van der Waals surface area contributed by atoms with Crippen LogP contribution < -0.4 is 4.74 Å². The first-order chi connectivity index (χ1) is 12.3. The van der Waals surface area contributed by atoms with Crippen LogP contribution in [0.25, 0.3) is 0 Å². The molecule has 1 aliphatic carbocycles. The highest BCUT2D eigenvalue weighted by molar-refractivity contribution is 5.29.